The second-order valence-electron chi connectivity index (χ2n) is 5.03. The van der Waals surface area contributed by atoms with Crippen LogP contribution < -0.4 is 0 Å². The van der Waals surface area contributed by atoms with Crippen molar-refractivity contribution in [2.24, 2.45) is 5.92 Å². The van der Waals surface area contributed by atoms with Crippen LogP contribution in [0.15, 0.2) is 20.9 Å². The molecule has 0 unspecified atom stereocenters. The van der Waals surface area contributed by atoms with Gasteiger partial charge in [-0.15, -0.1) is 10.2 Å². The van der Waals surface area contributed by atoms with Gasteiger partial charge in [0.1, 0.15) is 0 Å². The second kappa shape index (κ2) is 7.16. The summed E-state index contributed by atoms with van der Waals surface area (Å²) >= 11 is 10.5. The number of rotatable bonds is 6. The number of hydrogen-bond acceptors (Lipinski definition) is 6. The third-order valence-corrected chi connectivity index (χ3v) is 6.86. The van der Waals surface area contributed by atoms with Crippen molar-refractivity contribution in [2.75, 3.05) is 5.75 Å². The molecule has 0 aromatic carbocycles. The van der Waals surface area contributed by atoms with Crippen molar-refractivity contribution in [2.45, 2.75) is 33.5 Å². The van der Waals surface area contributed by atoms with E-state index in [1.54, 1.807) is 11.8 Å². The maximum absolute atomic E-state index is 12.6. The van der Waals surface area contributed by atoms with Crippen LogP contribution >= 0.6 is 46.5 Å². The van der Waals surface area contributed by atoms with E-state index in [-0.39, 0.29) is 5.02 Å². The number of pyridine rings is 1. The van der Waals surface area contributed by atoms with Gasteiger partial charge in [0.05, 0.1) is 16.3 Å². The van der Waals surface area contributed by atoms with Crippen molar-refractivity contribution in [3.8, 4) is 0 Å². The highest BCUT2D eigenvalue weighted by Crippen LogP contribution is 2.38. The summed E-state index contributed by atoms with van der Waals surface area (Å²) in [6.07, 6.45) is -1.04. The van der Waals surface area contributed by atoms with Crippen molar-refractivity contribution in [1.82, 2.24) is 15.2 Å². The van der Waals surface area contributed by atoms with E-state index in [1.807, 2.05) is 0 Å². The minimum atomic E-state index is -4.44. The molecule has 10 heteroatoms. The first kappa shape index (κ1) is 17.3. The summed E-state index contributed by atoms with van der Waals surface area (Å²) in [5.74, 6) is 2.25. The van der Waals surface area contributed by atoms with Crippen molar-refractivity contribution in [3.05, 3.63) is 28.5 Å². The first-order chi connectivity index (χ1) is 10.9. The van der Waals surface area contributed by atoms with Gasteiger partial charge in [0.25, 0.3) is 0 Å². The van der Waals surface area contributed by atoms with E-state index in [0.717, 1.165) is 32.6 Å². The minimum absolute atomic E-state index is 0.0140. The molecule has 0 amide bonds. The quantitative estimate of drug-likeness (QED) is 0.610. The number of nitrogens with zero attached hydrogens (tertiary/aromatic N) is 3. The van der Waals surface area contributed by atoms with E-state index in [4.69, 9.17) is 11.6 Å². The molecule has 0 N–H and O–H groups in total. The summed E-state index contributed by atoms with van der Waals surface area (Å²) in [7, 11) is 0. The molecule has 0 saturated heterocycles. The Morgan fingerprint density at radius 2 is 1.91 bits per heavy atom. The molecule has 3 nitrogen and oxygen atoms in total. The van der Waals surface area contributed by atoms with Crippen LogP contribution in [0.3, 0.4) is 0 Å². The molecule has 124 valence electrons. The van der Waals surface area contributed by atoms with Gasteiger partial charge in [0.15, 0.2) is 8.68 Å². The molecule has 2 aromatic heterocycles. The summed E-state index contributed by atoms with van der Waals surface area (Å²) in [5.41, 5.74) is -0.432. The van der Waals surface area contributed by atoms with Crippen molar-refractivity contribution < 1.29 is 13.2 Å². The molecule has 3 rings (SSSR count). The van der Waals surface area contributed by atoms with Crippen LogP contribution in [0.25, 0.3) is 0 Å². The van der Waals surface area contributed by atoms with Gasteiger partial charge < -0.3 is 0 Å². The molecule has 0 atom stereocenters. The van der Waals surface area contributed by atoms with Crippen LogP contribution in [0.1, 0.15) is 24.1 Å². The Morgan fingerprint density at radius 3 is 2.52 bits per heavy atom. The standard InChI is InChI=1S/C13H11ClF3N3S3/c14-9-3-8(13(15,16)17)4-18-10(9)6-22-12-20-19-11(23-12)21-5-7-1-2-7/h3-4,7H,1-2,5-6H2. The Hall–Kier alpha value is -0.510. The van der Waals surface area contributed by atoms with Crippen LogP contribution in [0.4, 0.5) is 13.2 Å². The number of aromatic nitrogens is 3. The van der Waals surface area contributed by atoms with Gasteiger partial charge in [-0.2, -0.15) is 13.2 Å². The fourth-order valence-corrected chi connectivity index (χ4v) is 5.15. The smallest absolute Gasteiger partial charge is 0.258 e. The van der Waals surface area contributed by atoms with Gasteiger partial charge in [-0.05, 0) is 24.8 Å². The highest BCUT2D eigenvalue weighted by atomic mass is 35.5. The van der Waals surface area contributed by atoms with Crippen LogP contribution in [0.5, 0.6) is 0 Å². The number of alkyl halides is 3. The molecule has 0 aliphatic heterocycles. The second-order valence-corrected chi connectivity index (χ2v) is 8.90. The lowest BCUT2D eigenvalue weighted by atomic mass is 10.2. The maximum Gasteiger partial charge on any atom is 0.417 e. The zero-order valence-electron chi connectivity index (χ0n) is 11.6. The largest absolute Gasteiger partial charge is 0.417 e. The lowest BCUT2D eigenvalue weighted by Crippen LogP contribution is -2.06. The average Bonchev–Trinajstić information content (AvgIpc) is 3.21. The molecule has 1 aliphatic carbocycles. The van der Waals surface area contributed by atoms with Crippen molar-refractivity contribution in [3.63, 3.8) is 0 Å². The number of halogens is 4. The third-order valence-electron chi connectivity index (χ3n) is 3.10. The third kappa shape index (κ3) is 4.98. The van der Waals surface area contributed by atoms with Crippen molar-refractivity contribution in [1.29, 1.82) is 0 Å². The zero-order valence-corrected chi connectivity index (χ0v) is 14.8. The summed E-state index contributed by atoms with van der Waals surface area (Å²) in [6, 6.07) is 0.904. The normalized spacial score (nSPS) is 15.1. The first-order valence-corrected chi connectivity index (χ1v) is 9.89. The molecule has 0 spiro atoms. The number of thioether (sulfide) groups is 2. The summed E-state index contributed by atoms with van der Waals surface area (Å²) < 4.78 is 39.4. The Bertz CT molecular complexity index is 689. The highest BCUT2D eigenvalue weighted by Gasteiger charge is 2.31. The van der Waals surface area contributed by atoms with Crippen LogP contribution in [-0.2, 0) is 11.9 Å². The Morgan fingerprint density at radius 1 is 1.22 bits per heavy atom. The van der Waals surface area contributed by atoms with Gasteiger partial charge >= 0.3 is 6.18 Å². The molecule has 2 heterocycles. The van der Waals surface area contributed by atoms with Crippen LogP contribution in [0.2, 0.25) is 5.02 Å². The molecular formula is C13H11ClF3N3S3. The van der Waals surface area contributed by atoms with E-state index in [2.05, 4.69) is 15.2 Å². The van der Waals surface area contributed by atoms with E-state index in [9.17, 15) is 13.2 Å². The lowest BCUT2D eigenvalue weighted by Gasteiger charge is -2.08. The predicted octanol–water partition coefficient (Wildman–Crippen LogP) is 5.40. The SMILES string of the molecule is FC(F)(F)c1cnc(CSc2nnc(SCC3CC3)s2)c(Cl)c1. The summed E-state index contributed by atoms with van der Waals surface area (Å²) in [6.45, 7) is 0. The molecule has 1 saturated carbocycles. The topological polar surface area (TPSA) is 38.7 Å². The Balaban J connectivity index is 1.57. The van der Waals surface area contributed by atoms with Gasteiger partial charge in [-0.3, -0.25) is 4.98 Å². The monoisotopic (exact) mass is 397 g/mol. The van der Waals surface area contributed by atoms with Gasteiger partial charge in [-0.1, -0.05) is 46.5 Å². The molecule has 1 fully saturated rings. The number of hydrogen-bond donors (Lipinski definition) is 0. The molecule has 2 aromatic rings. The Kier molecular flexibility index (Phi) is 5.39. The summed E-state index contributed by atoms with van der Waals surface area (Å²) in [4.78, 5) is 3.81. The zero-order chi connectivity index (χ0) is 16.4. The minimum Gasteiger partial charge on any atom is -0.258 e. The van der Waals surface area contributed by atoms with Gasteiger partial charge in [-0.25, -0.2) is 0 Å². The van der Waals surface area contributed by atoms with Crippen molar-refractivity contribution >= 4 is 46.5 Å². The molecule has 23 heavy (non-hydrogen) atoms. The van der Waals surface area contributed by atoms with E-state index >= 15 is 0 Å². The fourth-order valence-electron chi connectivity index (χ4n) is 1.65. The Labute approximate surface area is 148 Å². The molecular weight excluding hydrogens is 387 g/mol. The highest BCUT2D eigenvalue weighted by molar-refractivity contribution is 8.02. The van der Waals surface area contributed by atoms with E-state index in [0.29, 0.717) is 11.4 Å². The molecule has 0 bridgehead atoms. The summed E-state index contributed by atoms with van der Waals surface area (Å²) in [5, 5.41) is 8.20. The maximum atomic E-state index is 12.6. The van der Waals surface area contributed by atoms with Crippen LogP contribution in [0, 0.1) is 5.92 Å². The predicted molar refractivity (Wildman–Crippen MR) is 87.2 cm³/mol. The molecule has 1 aliphatic rings. The first-order valence-electron chi connectivity index (χ1n) is 6.72. The van der Waals surface area contributed by atoms with E-state index < -0.39 is 11.7 Å². The lowest BCUT2D eigenvalue weighted by molar-refractivity contribution is -0.137. The van der Waals surface area contributed by atoms with Gasteiger partial charge in [0, 0.05) is 17.7 Å². The van der Waals surface area contributed by atoms with Crippen LogP contribution in [-0.4, -0.2) is 20.9 Å². The van der Waals surface area contributed by atoms with Gasteiger partial charge in [0.2, 0.25) is 0 Å². The fraction of sp³-hybridized carbons (Fsp3) is 0.462. The molecule has 0 radical (unpaired) electrons. The van der Waals surface area contributed by atoms with E-state index in [1.165, 1.54) is 35.9 Å². The average molecular weight is 398 g/mol.